The Labute approximate surface area is 251 Å². The van der Waals surface area contributed by atoms with E-state index in [-0.39, 0.29) is 16.7 Å². The van der Waals surface area contributed by atoms with Gasteiger partial charge in [-0.15, -0.1) is 0 Å². The Morgan fingerprint density at radius 2 is 1.65 bits per heavy atom. The van der Waals surface area contributed by atoms with Crippen LogP contribution in [0.1, 0.15) is 88.3 Å². The summed E-state index contributed by atoms with van der Waals surface area (Å²) in [7, 11) is -3.41. The Morgan fingerprint density at radius 1 is 1.00 bits per heavy atom. The predicted molar refractivity (Wildman–Crippen MR) is 161 cm³/mol. The fourth-order valence-corrected chi connectivity index (χ4v) is 8.96. The highest BCUT2D eigenvalue weighted by Gasteiger charge is 2.73. The number of benzene rings is 2. The van der Waals surface area contributed by atoms with Crippen LogP contribution in [0.15, 0.2) is 53.1 Å². The van der Waals surface area contributed by atoms with Crippen molar-refractivity contribution in [2.24, 2.45) is 10.8 Å². The van der Waals surface area contributed by atoms with Crippen molar-refractivity contribution < 1.29 is 22.1 Å². The molecule has 0 unspecified atom stereocenters. The van der Waals surface area contributed by atoms with Gasteiger partial charge in [-0.3, -0.25) is 9.52 Å². The molecule has 1 N–H and O–H groups in total. The average molecular weight is 605 g/mol. The first-order chi connectivity index (χ1) is 20.5. The summed E-state index contributed by atoms with van der Waals surface area (Å²) in [6, 6.07) is 15.2. The van der Waals surface area contributed by atoms with E-state index in [0.717, 1.165) is 86.2 Å². The molecule has 3 aromatic rings. The zero-order valence-corrected chi connectivity index (χ0v) is 25.3. The first-order valence-corrected chi connectivity index (χ1v) is 17.4. The van der Waals surface area contributed by atoms with Gasteiger partial charge in [0.1, 0.15) is 5.67 Å². The van der Waals surface area contributed by atoms with Crippen LogP contribution in [0.25, 0.3) is 11.1 Å². The number of halogens is 1. The number of alkyl halides is 1. The van der Waals surface area contributed by atoms with Gasteiger partial charge in [0, 0.05) is 29.3 Å². The summed E-state index contributed by atoms with van der Waals surface area (Å²) < 4.78 is 46.6. The lowest BCUT2D eigenvalue weighted by molar-refractivity contribution is -0.211. The molecule has 0 atom stereocenters. The maximum Gasteiger partial charge on any atom is 0.233 e. The third kappa shape index (κ3) is 4.67. The van der Waals surface area contributed by atoms with Crippen LogP contribution in [0.2, 0.25) is 0 Å². The molecule has 1 amide bonds. The van der Waals surface area contributed by atoms with Crippen molar-refractivity contribution in [1.29, 1.82) is 0 Å². The van der Waals surface area contributed by atoms with Crippen molar-refractivity contribution in [2.75, 3.05) is 22.4 Å². The molecular formula is C33H37FN4O4S. The molecule has 10 heteroatoms. The summed E-state index contributed by atoms with van der Waals surface area (Å²) in [6.07, 6.45) is 10.3. The van der Waals surface area contributed by atoms with Crippen molar-refractivity contribution >= 4 is 27.3 Å². The fourth-order valence-electron chi connectivity index (χ4n) is 8.40. The van der Waals surface area contributed by atoms with E-state index in [1.165, 1.54) is 0 Å². The molecule has 43 heavy (non-hydrogen) atoms. The molecule has 2 aromatic carbocycles. The van der Waals surface area contributed by atoms with Crippen LogP contribution >= 0.6 is 0 Å². The third-order valence-electron chi connectivity index (χ3n) is 11.1. The van der Waals surface area contributed by atoms with E-state index in [4.69, 9.17) is 9.51 Å². The second-order valence-electron chi connectivity index (χ2n) is 14.4. The number of hydrogen-bond donors (Lipinski definition) is 1. The number of amides is 1. The van der Waals surface area contributed by atoms with Gasteiger partial charge < -0.3 is 9.42 Å². The van der Waals surface area contributed by atoms with E-state index in [0.29, 0.717) is 37.4 Å². The molecular weight excluding hydrogens is 567 g/mol. The lowest BCUT2D eigenvalue weighted by atomic mass is 9.41. The summed E-state index contributed by atoms with van der Waals surface area (Å²) in [4.78, 5) is 21.0. The lowest BCUT2D eigenvalue weighted by Gasteiger charge is -2.65. The van der Waals surface area contributed by atoms with Gasteiger partial charge in [0.25, 0.3) is 0 Å². The van der Waals surface area contributed by atoms with Crippen molar-refractivity contribution in [3.63, 3.8) is 0 Å². The van der Waals surface area contributed by atoms with Gasteiger partial charge in [0.2, 0.25) is 21.8 Å². The number of fused-ring (bicyclic) bond motifs is 3. The molecule has 226 valence electrons. The number of sulfonamides is 1. The van der Waals surface area contributed by atoms with Crippen molar-refractivity contribution in [3.8, 4) is 11.1 Å². The van der Waals surface area contributed by atoms with Gasteiger partial charge in [-0.2, -0.15) is 4.98 Å². The van der Waals surface area contributed by atoms with Crippen LogP contribution < -0.4 is 9.62 Å². The van der Waals surface area contributed by atoms with Crippen LogP contribution in [0.3, 0.4) is 0 Å². The average Bonchev–Trinajstić information content (AvgIpc) is 3.69. The normalized spacial score (nSPS) is 32.5. The third-order valence-corrected chi connectivity index (χ3v) is 11.7. The van der Waals surface area contributed by atoms with E-state index in [9.17, 15) is 17.6 Å². The molecule has 1 aromatic heterocycles. The first kappa shape index (κ1) is 27.3. The van der Waals surface area contributed by atoms with Gasteiger partial charge in [0.15, 0.2) is 5.82 Å². The molecule has 0 spiro atoms. The monoisotopic (exact) mass is 604 g/mol. The summed E-state index contributed by atoms with van der Waals surface area (Å²) in [5, 5.41) is 4.30. The van der Waals surface area contributed by atoms with Crippen LogP contribution in [0.5, 0.6) is 0 Å². The zero-order valence-electron chi connectivity index (χ0n) is 24.4. The van der Waals surface area contributed by atoms with Crippen LogP contribution in [0, 0.1) is 10.8 Å². The minimum Gasteiger partial charge on any atom is -0.339 e. The minimum atomic E-state index is -3.41. The summed E-state index contributed by atoms with van der Waals surface area (Å²) in [5.41, 5.74) is 1.21. The van der Waals surface area contributed by atoms with Gasteiger partial charge >= 0.3 is 0 Å². The van der Waals surface area contributed by atoms with Gasteiger partial charge in [0.05, 0.1) is 11.7 Å². The number of nitrogens with zero attached hydrogens (tertiary/aromatic N) is 3. The summed E-state index contributed by atoms with van der Waals surface area (Å²) in [5.74, 6) is 2.18. The van der Waals surface area contributed by atoms with Crippen molar-refractivity contribution in [2.45, 2.75) is 87.6 Å². The largest absolute Gasteiger partial charge is 0.339 e. The molecule has 8 nitrogen and oxygen atoms in total. The second kappa shape index (κ2) is 9.13. The molecule has 0 radical (unpaired) electrons. The quantitative estimate of drug-likeness (QED) is 0.299. The van der Waals surface area contributed by atoms with Crippen molar-refractivity contribution in [1.82, 2.24) is 10.1 Å². The van der Waals surface area contributed by atoms with E-state index in [1.807, 2.05) is 41.3 Å². The molecule has 7 fully saturated rings. The van der Waals surface area contributed by atoms with Crippen LogP contribution in [-0.4, -0.2) is 42.9 Å². The number of carbonyl (C=O) groups excluding carboxylic acids is 1. The highest BCUT2D eigenvalue weighted by Crippen LogP contribution is 2.70. The van der Waals surface area contributed by atoms with Gasteiger partial charge in [-0.25, -0.2) is 12.8 Å². The Morgan fingerprint density at radius 3 is 2.28 bits per heavy atom. The molecule has 7 aliphatic carbocycles. The van der Waals surface area contributed by atoms with E-state index >= 15 is 0 Å². The topological polar surface area (TPSA) is 105 Å². The number of aromatic nitrogens is 2. The predicted octanol–water partition coefficient (Wildman–Crippen LogP) is 6.50. The highest BCUT2D eigenvalue weighted by atomic mass is 32.2. The minimum absolute atomic E-state index is 0.0109. The van der Waals surface area contributed by atoms with Crippen LogP contribution in [0.4, 0.5) is 15.8 Å². The second-order valence-corrected chi connectivity index (χ2v) is 16.1. The first-order valence-electron chi connectivity index (χ1n) is 15.5. The maximum atomic E-state index is 14.6. The maximum absolute atomic E-state index is 14.6. The number of rotatable bonds is 9. The SMILES string of the molecule is CS(=O)(=O)Nc1cccc(-c2cccc(N(CC34CCC(c5nc(C6CC6)no5)(CC3)CC4)C(=O)C34CC(F)(C3)C4)c2)c1. The van der Waals surface area contributed by atoms with Gasteiger partial charge in [-0.05, 0) is 111 Å². The summed E-state index contributed by atoms with van der Waals surface area (Å²) >= 11 is 0. The molecule has 0 aliphatic heterocycles. The van der Waals surface area contributed by atoms with Gasteiger partial charge in [-0.1, -0.05) is 29.4 Å². The Bertz CT molecular complexity index is 1690. The Hall–Kier alpha value is -3.27. The Kier molecular flexibility index (Phi) is 5.79. The zero-order chi connectivity index (χ0) is 29.7. The van der Waals surface area contributed by atoms with Crippen molar-refractivity contribution in [3.05, 3.63) is 60.2 Å². The molecule has 4 bridgehead atoms. The number of hydrogen-bond acceptors (Lipinski definition) is 6. The summed E-state index contributed by atoms with van der Waals surface area (Å²) in [6.45, 7) is 0.610. The molecule has 10 rings (SSSR count). The van der Waals surface area contributed by atoms with E-state index in [2.05, 4.69) is 9.88 Å². The highest BCUT2D eigenvalue weighted by molar-refractivity contribution is 7.92. The van der Waals surface area contributed by atoms with Crippen LogP contribution in [-0.2, 0) is 20.2 Å². The Balaban J connectivity index is 1.07. The molecule has 7 saturated carbocycles. The smallest absolute Gasteiger partial charge is 0.233 e. The number of nitrogens with one attached hydrogen (secondary N) is 1. The molecule has 0 saturated heterocycles. The lowest BCUT2D eigenvalue weighted by Crippen LogP contribution is -2.71. The molecule has 7 aliphatic rings. The van der Waals surface area contributed by atoms with E-state index < -0.39 is 21.1 Å². The fraction of sp³-hybridized carbons (Fsp3) is 0.545. The molecule has 1 heterocycles. The number of anilines is 2. The standard InChI is InChI=1S/C33H37FN4O4S/c1-43(40,41)37-25-6-2-4-23(16-25)24-5-3-7-26(17-24)38(29(39)32-18-33(34,19-32)20-32)21-30-10-13-31(14-11-30,15-12-30)28-35-27(36-42-28)22-8-9-22/h2-7,16-17,22,37H,8-15,18-21H2,1H3. The number of carbonyl (C=O) groups is 1. The van der Waals surface area contributed by atoms with E-state index in [1.54, 1.807) is 12.1 Å².